The number of carbonyl (C=O) groups is 1. The number of nitrogens with zero attached hydrogens (tertiary/aromatic N) is 3. The number of hydrogen-bond donors (Lipinski definition) is 1. The van der Waals surface area contributed by atoms with E-state index in [1.807, 2.05) is 30.3 Å². The second kappa shape index (κ2) is 4.69. The number of nitrogens with one attached hydrogen (secondary N) is 1. The molecular formula is C12H14N4O. The predicted octanol–water partition coefficient (Wildman–Crippen LogP) is 1.97. The van der Waals surface area contributed by atoms with Crippen molar-refractivity contribution in [3.8, 4) is 5.69 Å². The molecule has 2 aromatic rings. The largest absolute Gasteiger partial charge is 0.331 e. The monoisotopic (exact) mass is 230 g/mol. The molecule has 0 aliphatic heterocycles. The molecule has 0 spiro atoms. The van der Waals surface area contributed by atoms with Gasteiger partial charge in [-0.05, 0) is 12.1 Å². The van der Waals surface area contributed by atoms with Gasteiger partial charge in [-0.1, -0.05) is 18.2 Å². The number of urea groups is 1. The maximum Gasteiger partial charge on any atom is 0.322 e. The van der Waals surface area contributed by atoms with E-state index in [1.165, 1.54) is 4.90 Å². The van der Waals surface area contributed by atoms with Gasteiger partial charge in [0.05, 0.1) is 5.69 Å². The molecule has 0 radical (unpaired) electrons. The third-order valence-electron chi connectivity index (χ3n) is 2.25. The van der Waals surface area contributed by atoms with Crippen LogP contribution in [0.25, 0.3) is 5.69 Å². The SMILES string of the molecule is CN(C)C(=O)Nc1ccn(-c2ccccc2)n1. The number of carbonyl (C=O) groups excluding carboxylic acids is 1. The van der Waals surface area contributed by atoms with Crippen LogP contribution in [-0.4, -0.2) is 34.8 Å². The smallest absolute Gasteiger partial charge is 0.322 e. The van der Waals surface area contributed by atoms with Crippen LogP contribution in [0.15, 0.2) is 42.6 Å². The summed E-state index contributed by atoms with van der Waals surface area (Å²) < 4.78 is 1.71. The number of anilines is 1. The van der Waals surface area contributed by atoms with E-state index in [2.05, 4.69) is 10.4 Å². The summed E-state index contributed by atoms with van der Waals surface area (Å²) >= 11 is 0. The fourth-order valence-electron chi connectivity index (χ4n) is 1.34. The van der Waals surface area contributed by atoms with Crippen molar-refractivity contribution in [1.29, 1.82) is 0 Å². The third-order valence-corrected chi connectivity index (χ3v) is 2.25. The van der Waals surface area contributed by atoms with E-state index in [1.54, 1.807) is 31.0 Å². The van der Waals surface area contributed by atoms with Gasteiger partial charge in [0, 0.05) is 26.4 Å². The highest BCUT2D eigenvalue weighted by molar-refractivity contribution is 5.87. The summed E-state index contributed by atoms with van der Waals surface area (Å²) in [6.07, 6.45) is 1.81. The molecule has 0 atom stereocenters. The lowest BCUT2D eigenvalue weighted by molar-refractivity contribution is 0.230. The normalized spacial score (nSPS) is 10.0. The minimum absolute atomic E-state index is 0.191. The number of para-hydroxylation sites is 1. The molecule has 1 aromatic heterocycles. The number of benzene rings is 1. The average Bonchev–Trinajstić information content (AvgIpc) is 2.78. The van der Waals surface area contributed by atoms with Crippen molar-refractivity contribution in [3.63, 3.8) is 0 Å². The molecular weight excluding hydrogens is 216 g/mol. The van der Waals surface area contributed by atoms with Gasteiger partial charge in [-0.2, -0.15) is 0 Å². The van der Waals surface area contributed by atoms with Gasteiger partial charge >= 0.3 is 6.03 Å². The Morgan fingerprint density at radius 1 is 1.24 bits per heavy atom. The first-order chi connectivity index (χ1) is 8.16. The Hall–Kier alpha value is -2.30. The minimum Gasteiger partial charge on any atom is -0.331 e. The Kier molecular flexibility index (Phi) is 3.09. The van der Waals surface area contributed by atoms with Crippen LogP contribution < -0.4 is 5.32 Å². The molecule has 2 amide bonds. The highest BCUT2D eigenvalue weighted by Crippen LogP contribution is 2.09. The molecule has 0 aliphatic rings. The minimum atomic E-state index is -0.191. The van der Waals surface area contributed by atoms with Crippen LogP contribution in [0.5, 0.6) is 0 Å². The third kappa shape index (κ3) is 2.63. The maximum absolute atomic E-state index is 11.4. The van der Waals surface area contributed by atoms with Crippen LogP contribution in [0.3, 0.4) is 0 Å². The van der Waals surface area contributed by atoms with Crippen LogP contribution >= 0.6 is 0 Å². The molecule has 1 heterocycles. The van der Waals surface area contributed by atoms with Crippen molar-refractivity contribution in [1.82, 2.24) is 14.7 Å². The maximum atomic E-state index is 11.4. The van der Waals surface area contributed by atoms with E-state index >= 15 is 0 Å². The van der Waals surface area contributed by atoms with Crippen molar-refractivity contribution < 1.29 is 4.79 Å². The molecule has 0 saturated heterocycles. The first-order valence-electron chi connectivity index (χ1n) is 5.26. The summed E-state index contributed by atoms with van der Waals surface area (Å²) in [4.78, 5) is 12.9. The molecule has 1 aromatic carbocycles. The van der Waals surface area contributed by atoms with Gasteiger partial charge in [0.15, 0.2) is 5.82 Å². The number of hydrogen-bond acceptors (Lipinski definition) is 2. The van der Waals surface area contributed by atoms with Crippen LogP contribution in [-0.2, 0) is 0 Å². The van der Waals surface area contributed by atoms with Gasteiger partial charge in [0.2, 0.25) is 0 Å². The van der Waals surface area contributed by atoms with Crippen molar-refractivity contribution in [2.75, 3.05) is 19.4 Å². The van der Waals surface area contributed by atoms with Crippen molar-refractivity contribution in [2.45, 2.75) is 0 Å². The average molecular weight is 230 g/mol. The summed E-state index contributed by atoms with van der Waals surface area (Å²) in [5, 5.41) is 6.95. The standard InChI is InChI=1S/C12H14N4O/c1-15(2)12(17)13-11-8-9-16(14-11)10-6-4-3-5-7-10/h3-9H,1-2H3,(H,13,14,17). The Morgan fingerprint density at radius 2 is 1.94 bits per heavy atom. The molecule has 5 nitrogen and oxygen atoms in total. The number of aromatic nitrogens is 2. The van der Waals surface area contributed by atoms with E-state index in [9.17, 15) is 4.79 Å². The number of rotatable bonds is 2. The molecule has 1 N–H and O–H groups in total. The lowest BCUT2D eigenvalue weighted by atomic mass is 10.3. The molecule has 0 bridgehead atoms. The van der Waals surface area contributed by atoms with Crippen LogP contribution in [0.2, 0.25) is 0 Å². The van der Waals surface area contributed by atoms with E-state index in [-0.39, 0.29) is 6.03 Å². The predicted molar refractivity (Wildman–Crippen MR) is 66.3 cm³/mol. The van der Waals surface area contributed by atoms with E-state index in [0.29, 0.717) is 5.82 Å². The molecule has 5 heteroatoms. The van der Waals surface area contributed by atoms with Gasteiger partial charge in [-0.3, -0.25) is 5.32 Å². The van der Waals surface area contributed by atoms with Crippen LogP contribution in [0.4, 0.5) is 10.6 Å². The zero-order valence-electron chi connectivity index (χ0n) is 9.79. The second-order valence-electron chi connectivity index (χ2n) is 3.81. The summed E-state index contributed by atoms with van der Waals surface area (Å²) in [5.41, 5.74) is 0.956. The van der Waals surface area contributed by atoms with Crippen molar-refractivity contribution >= 4 is 11.8 Å². The summed E-state index contributed by atoms with van der Waals surface area (Å²) in [7, 11) is 3.37. The Bertz CT molecular complexity index is 504. The van der Waals surface area contributed by atoms with Crippen molar-refractivity contribution in [3.05, 3.63) is 42.6 Å². The van der Waals surface area contributed by atoms with Crippen LogP contribution in [0.1, 0.15) is 0 Å². The molecule has 88 valence electrons. The quantitative estimate of drug-likeness (QED) is 0.857. The first kappa shape index (κ1) is 11.2. The molecule has 17 heavy (non-hydrogen) atoms. The molecule has 0 aliphatic carbocycles. The Morgan fingerprint density at radius 3 is 2.59 bits per heavy atom. The fraction of sp³-hybridized carbons (Fsp3) is 0.167. The van der Waals surface area contributed by atoms with Gasteiger partial charge in [0.1, 0.15) is 0 Å². The summed E-state index contributed by atoms with van der Waals surface area (Å²) in [6, 6.07) is 11.3. The van der Waals surface area contributed by atoms with Gasteiger partial charge < -0.3 is 4.90 Å². The fourth-order valence-corrected chi connectivity index (χ4v) is 1.34. The number of amides is 2. The lowest BCUT2D eigenvalue weighted by Gasteiger charge is -2.09. The lowest BCUT2D eigenvalue weighted by Crippen LogP contribution is -2.27. The zero-order valence-corrected chi connectivity index (χ0v) is 9.79. The molecule has 0 fully saturated rings. The summed E-state index contributed by atoms with van der Waals surface area (Å²) in [5.74, 6) is 0.535. The Balaban J connectivity index is 2.14. The van der Waals surface area contributed by atoms with Crippen LogP contribution in [0, 0.1) is 0 Å². The van der Waals surface area contributed by atoms with Gasteiger partial charge in [-0.15, -0.1) is 5.10 Å². The molecule has 0 unspecified atom stereocenters. The second-order valence-corrected chi connectivity index (χ2v) is 3.81. The highest BCUT2D eigenvalue weighted by atomic mass is 16.2. The molecule has 0 saturated carbocycles. The van der Waals surface area contributed by atoms with Gasteiger partial charge in [0.25, 0.3) is 0 Å². The summed E-state index contributed by atoms with van der Waals surface area (Å²) in [6.45, 7) is 0. The topological polar surface area (TPSA) is 50.2 Å². The van der Waals surface area contributed by atoms with Gasteiger partial charge in [-0.25, -0.2) is 9.48 Å². The Labute approximate surface area is 99.7 Å². The van der Waals surface area contributed by atoms with E-state index in [4.69, 9.17) is 0 Å². The molecule has 2 rings (SSSR count). The van der Waals surface area contributed by atoms with E-state index < -0.39 is 0 Å². The highest BCUT2D eigenvalue weighted by Gasteiger charge is 2.06. The van der Waals surface area contributed by atoms with E-state index in [0.717, 1.165) is 5.69 Å². The van der Waals surface area contributed by atoms with Crippen molar-refractivity contribution in [2.24, 2.45) is 0 Å². The zero-order chi connectivity index (χ0) is 12.3. The first-order valence-corrected chi connectivity index (χ1v) is 5.26.